The maximum absolute atomic E-state index is 2.62. The molecular weight excluding hydrogens is 256 g/mol. The van der Waals surface area contributed by atoms with Crippen LogP contribution in [0.2, 0.25) is 0 Å². The van der Waals surface area contributed by atoms with E-state index < -0.39 is 0 Å². The molecule has 2 rings (SSSR count). The van der Waals surface area contributed by atoms with Gasteiger partial charge in [-0.25, -0.2) is 0 Å². The Labute approximate surface area is 132 Å². The SMILES string of the molecule is CC.CCC(C)(CCN1CCN(C)CC1)c1ccccc1. The highest BCUT2D eigenvalue weighted by Crippen LogP contribution is 2.31. The Hall–Kier alpha value is -0.860. The predicted octanol–water partition coefficient (Wildman–Crippen LogP) is 4.02. The van der Waals surface area contributed by atoms with Gasteiger partial charge in [0.1, 0.15) is 0 Å². The van der Waals surface area contributed by atoms with E-state index in [4.69, 9.17) is 0 Å². The van der Waals surface area contributed by atoms with Gasteiger partial charge in [-0.05, 0) is 37.4 Å². The molecular formula is C19H34N2. The van der Waals surface area contributed by atoms with E-state index in [0.717, 1.165) is 0 Å². The molecule has 0 spiro atoms. The van der Waals surface area contributed by atoms with E-state index in [-0.39, 0.29) is 0 Å². The zero-order valence-electron chi connectivity index (χ0n) is 14.7. The fraction of sp³-hybridized carbons (Fsp3) is 0.684. The number of piperazine rings is 1. The number of nitrogens with zero attached hydrogens (tertiary/aromatic N) is 2. The molecule has 2 nitrogen and oxygen atoms in total. The van der Waals surface area contributed by atoms with Crippen LogP contribution in [-0.2, 0) is 5.41 Å². The second kappa shape index (κ2) is 9.22. The lowest BCUT2D eigenvalue weighted by atomic mass is 9.77. The summed E-state index contributed by atoms with van der Waals surface area (Å²) in [5, 5.41) is 0. The lowest BCUT2D eigenvalue weighted by Gasteiger charge is -2.36. The van der Waals surface area contributed by atoms with Crippen LogP contribution in [0, 0.1) is 0 Å². The van der Waals surface area contributed by atoms with Crippen LogP contribution in [0.5, 0.6) is 0 Å². The molecule has 1 atom stereocenters. The van der Waals surface area contributed by atoms with Crippen molar-refractivity contribution in [2.75, 3.05) is 39.8 Å². The van der Waals surface area contributed by atoms with E-state index in [2.05, 4.69) is 61.0 Å². The van der Waals surface area contributed by atoms with Crippen LogP contribution < -0.4 is 0 Å². The number of benzene rings is 1. The summed E-state index contributed by atoms with van der Waals surface area (Å²) in [4.78, 5) is 5.05. The van der Waals surface area contributed by atoms with E-state index >= 15 is 0 Å². The van der Waals surface area contributed by atoms with Gasteiger partial charge >= 0.3 is 0 Å². The van der Waals surface area contributed by atoms with E-state index in [1.165, 1.54) is 51.1 Å². The summed E-state index contributed by atoms with van der Waals surface area (Å²) in [5.74, 6) is 0. The molecule has 1 aromatic carbocycles. The van der Waals surface area contributed by atoms with Crippen LogP contribution in [0.1, 0.15) is 46.1 Å². The molecule has 21 heavy (non-hydrogen) atoms. The van der Waals surface area contributed by atoms with E-state index in [0.29, 0.717) is 5.41 Å². The third kappa shape index (κ3) is 5.44. The standard InChI is InChI=1S/C17H28N2.C2H6/c1-4-17(2,16-8-6-5-7-9-16)10-11-19-14-12-18(3)13-15-19;1-2/h5-9H,4,10-15H2,1-3H3;1-2H3. The van der Waals surface area contributed by atoms with Crippen molar-refractivity contribution in [1.29, 1.82) is 0 Å². The summed E-state index contributed by atoms with van der Waals surface area (Å²) in [7, 11) is 2.22. The van der Waals surface area contributed by atoms with Gasteiger partial charge in [0.25, 0.3) is 0 Å². The molecule has 1 aromatic rings. The van der Waals surface area contributed by atoms with Gasteiger partial charge in [-0.2, -0.15) is 0 Å². The molecule has 2 heteroatoms. The average Bonchev–Trinajstić information content (AvgIpc) is 2.57. The number of hydrogen-bond acceptors (Lipinski definition) is 2. The minimum Gasteiger partial charge on any atom is -0.304 e. The quantitative estimate of drug-likeness (QED) is 0.808. The average molecular weight is 290 g/mol. The third-order valence-corrected chi connectivity index (χ3v) is 4.83. The zero-order valence-corrected chi connectivity index (χ0v) is 14.7. The Morgan fingerprint density at radius 1 is 1.00 bits per heavy atom. The van der Waals surface area contributed by atoms with Gasteiger partial charge in [0, 0.05) is 26.2 Å². The van der Waals surface area contributed by atoms with Crippen molar-refractivity contribution in [2.45, 2.75) is 46.0 Å². The van der Waals surface area contributed by atoms with Crippen molar-refractivity contribution in [1.82, 2.24) is 9.80 Å². The van der Waals surface area contributed by atoms with E-state index in [1.54, 1.807) is 0 Å². The van der Waals surface area contributed by atoms with Gasteiger partial charge in [0.2, 0.25) is 0 Å². The molecule has 0 radical (unpaired) electrons. The largest absolute Gasteiger partial charge is 0.304 e. The normalized spacial score (nSPS) is 19.5. The Balaban J connectivity index is 0.00000106. The highest BCUT2D eigenvalue weighted by Gasteiger charge is 2.25. The number of rotatable bonds is 5. The zero-order chi connectivity index (χ0) is 15.7. The lowest BCUT2D eigenvalue weighted by Crippen LogP contribution is -2.45. The van der Waals surface area contributed by atoms with Crippen molar-refractivity contribution in [3.05, 3.63) is 35.9 Å². The maximum atomic E-state index is 2.62. The van der Waals surface area contributed by atoms with Crippen molar-refractivity contribution in [2.24, 2.45) is 0 Å². The first-order chi connectivity index (χ1) is 10.1. The van der Waals surface area contributed by atoms with E-state index in [9.17, 15) is 0 Å². The topological polar surface area (TPSA) is 6.48 Å². The van der Waals surface area contributed by atoms with Gasteiger partial charge in [0.05, 0.1) is 0 Å². The molecule has 0 amide bonds. The Kier molecular flexibility index (Phi) is 7.98. The molecule has 0 aliphatic carbocycles. The molecule has 1 aliphatic rings. The molecule has 0 bridgehead atoms. The second-order valence-electron chi connectivity index (χ2n) is 6.18. The van der Waals surface area contributed by atoms with Crippen LogP contribution in [0.3, 0.4) is 0 Å². The third-order valence-electron chi connectivity index (χ3n) is 4.83. The minimum atomic E-state index is 0.324. The van der Waals surface area contributed by atoms with Crippen molar-refractivity contribution in [3.63, 3.8) is 0 Å². The van der Waals surface area contributed by atoms with Crippen LogP contribution in [-0.4, -0.2) is 49.6 Å². The van der Waals surface area contributed by atoms with Gasteiger partial charge in [-0.3, -0.25) is 0 Å². The summed E-state index contributed by atoms with van der Waals surface area (Å²) in [6.45, 7) is 14.8. The number of likely N-dealkylation sites (N-methyl/N-ethyl adjacent to an activating group) is 1. The first kappa shape index (κ1) is 18.2. The van der Waals surface area contributed by atoms with Crippen molar-refractivity contribution >= 4 is 0 Å². The fourth-order valence-corrected chi connectivity index (χ4v) is 2.84. The Bertz CT molecular complexity index is 368. The molecule has 0 N–H and O–H groups in total. The van der Waals surface area contributed by atoms with Gasteiger partial charge < -0.3 is 9.80 Å². The second-order valence-corrected chi connectivity index (χ2v) is 6.18. The van der Waals surface area contributed by atoms with Crippen LogP contribution in [0.4, 0.5) is 0 Å². The Morgan fingerprint density at radius 3 is 2.10 bits per heavy atom. The molecule has 1 saturated heterocycles. The summed E-state index contributed by atoms with van der Waals surface area (Å²) in [5.41, 5.74) is 1.82. The molecule has 1 unspecified atom stereocenters. The molecule has 1 heterocycles. The minimum absolute atomic E-state index is 0.324. The highest BCUT2D eigenvalue weighted by molar-refractivity contribution is 5.24. The molecule has 0 saturated carbocycles. The molecule has 1 aliphatic heterocycles. The van der Waals surface area contributed by atoms with Crippen molar-refractivity contribution < 1.29 is 0 Å². The summed E-state index contributed by atoms with van der Waals surface area (Å²) >= 11 is 0. The maximum Gasteiger partial charge on any atom is 0.0110 e. The summed E-state index contributed by atoms with van der Waals surface area (Å²) in [6, 6.07) is 11.0. The lowest BCUT2D eigenvalue weighted by molar-refractivity contribution is 0.143. The molecule has 0 aromatic heterocycles. The van der Waals surface area contributed by atoms with E-state index in [1.807, 2.05) is 13.8 Å². The predicted molar refractivity (Wildman–Crippen MR) is 94.0 cm³/mol. The fourth-order valence-electron chi connectivity index (χ4n) is 2.84. The molecule has 120 valence electrons. The first-order valence-corrected chi connectivity index (χ1v) is 8.60. The van der Waals surface area contributed by atoms with Crippen LogP contribution in [0.25, 0.3) is 0 Å². The molecule has 1 fully saturated rings. The van der Waals surface area contributed by atoms with Gasteiger partial charge in [-0.15, -0.1) is 0 Å². The summed E-state index contributed by atoms with van der Waals surface area (Å²) < 4.78 is 0. The Morgan fingerprint density at radius 2 is 1.57 bits per heavy atom. The monoisotopic (exact) mass is 290 g/mol. The van der Waals surface area contributed by atoms with Crippen LogP contribution >= 0.6 is 0 Å². The smallest absolute Gasteiger partial charge is 0.0110 e. The van der Waals surface area contributed by atoms with Gasteiger partial charge in [-0.1, -0.05) is 58.0 Å². The van der Waals surface area contributed by atoms with Gasteiger partial charge in [0.15, 0.2) is 0 Å². The highest BCUT2D eigenvalue weighted by atomic mass is 15.2. The van der Waals surface area contributed by atoms with Crippen molar-refractivity contribution in [3.8, 4) is 0 Å². The summed E-state index contributed by atoms with van der Waals surface area (Å²) in [6.07, 6.45) is 2.47. The number of hydrogen-bond donors (Lipinski definition) is 0. The first-order valence-electron chi connectivity index (χ1n) is 8.60. The van der Waals surface area contributed by atoms with Crippen LogP contribution in [0.15, 0.2) is 30.3 Å².